The number of nitrogens with one attached hydrogen (secondary N) is 1. The zero-order valence-electron chi connectivity index (χ0n) is 12.9. The van der Waals surface area contributed by atoms with E-state index in [4.69, 9.17) is 0 Å². The van der Waals surface area contributed by atoms with Gasteiger partial charge in [-0.05, 0) is 25.1 Å². The van der Waals surface area contributed by atoms with Gasteiger partial charge in [-0.1, -0.05) is 15.9 Å². The maximum Gasteiger partial charge on any atom is 0.339 e. The molecule has 0 bridgehead atoms. The Labute approximate surface area is 145 Å². The summed E-state index contributed by atoms with van der Waals surface area (Å²) in [7, 11) is 1.29. The van der Waals surface area contributed by atoms with E-state index in [1.807, 2.05) is 12.1 Å². The zero-order chi connectivity index (χ0) is 17.3. The molecule has 0 saturated carbocycles. The summed E-state index contributed by atoms with van der Waals surface area (Å²) in [6.07, 6.45) is 4.64. The number of aromatic nitrogens is 3. The van der Waals surface area contributed by atoms with Crippen LogP contribution in [0.5, 0.6) is 0 Å². The molecular formula is C16H13BrN4O3. The molecule has 0 aliphatic heterocycles. The lowest BCUT2D eigenvalue weighted by atomic mass is 10.2. The van der Waals surface area contributed by atoms with Crippen molar-refractivity contribution in [3.05, 3.63) is 58.2 Å². The predicted octanol–water partition coefficient (Wildman–Crippen LogP) is 2.84. The monoisotopic (exact) mass is 388 g/mol. The summed E-state index contributed by atoms with van der Waals surface area (Å²) in [5, 5.41) is 2.76. The van der Waals surface area contributed by atoms with Crippen LogP contribution in [-0.2, 0) is 4.74 Å². The number of esters is 1. The van der Waals surface area contributed by atoms with Crippen molar-refractivity contribution in [2.24, 2.45) is 0 Å². The molecule has 8 heteroatoms. The maximum absolute atomic E-state index is 12.5. The number of carbonyl (C=O) groups is 2. The number of nitrogens with zero attached hydrogens (tertiary/aromatic N) is 3. The van der Waals surface area contributed by atoms with Crippen LogP contribution in [0.3, 0.4) is 0 Å². The molecule has 0 spiro atoms. The molecule has 0 aliphatic rings. The summed E-state index contributed by atoms with van der Waals surface area (Å²) in [6, 6.07) is 5.16. The molecule has 0 unspecified atom stereocenters. The highest BCUT2D eigenvalue weighted by atomic mass is 79.9. The van der Waals surface area contributed by atoms with Gasteiger partial charge in [0.15, 0.2) is 0 Å². The minimum Gasteiger partial charge on any atom is -0.465 e. The number of ether oxygens (including phenoxy) is 1. The van der Waals surface area contributed by atoms with Crippen molar-refractivity contribution in [2.45, 2.75) is 6.92 Å². The van der Waals surface area contributed by atoms with Gasteiger partial charge in [0.2, 0.25) is 0 Å². The first-order valence-electron chi connectivity index (χ1n) is 6.98. The highest BCUT2D eigenvalue weighted by Crippen LogP contribution is 2.18. The number of amides is 1. The molecule has 3 aromatic heterocycles. The molecule has 0 fully saturated rings. The molecule has 3 rings (SSSR count). The van der Waals surface area contributed by atoms with Crippen LogP contribution in [0.15, 0.2) is 41.3 Å². The van der Waals surface area contributed by atoms with Gasteiger partial charge in [-0.3, -0.25) is 14.2 Å². The summed E-state index contributed by atoms with van der Waals surface area (Å²) in [5.74, 6) is -0.866. The molecule has 3 aromatic rings. The number of hydrogen-bond donors (Lipinski definition) is 1. The molecule has 7 nitrogen and oxygen atoms in total. The van der Waals surface area contributed by atoms with Crippen LogP contribution in [0.4, 0.5) is 5.69 Å². The Morgan fingerprint density at radius 3 is 2.79 bits per heavy atom. The second-order valence-electron chi connectivity index (χ2n) is 5.02. The third-order valence-electron chi connectivity index (χ3n) is 3.46. The lowest BCUT2D eigenvalue weighted by Crippen LogP contribution is -2.16. The Hall–Kier alpha value is -2.74. The third-order valence-corrected chi connectivity index (χ3v) is 3.96. The lowest BCUT2D eigenvalue weighted by molar-refractivity contribution is 0.0600. The van der Waals surface area contributed by atoms with Crippen molar-refractivity contribution in [1.82, 2.24) is 14.4 Å². The fourth-order valence-electron chi connectivity index (χ4n) is 2.20. The molecule has 1 N–H and O–H groups in total. The van der Waals surface area contributed by atoms with Gasteiger partial charge in [0, 0.05) is 16.9 Å². The second kappa shape index (κ2) is 6.40. The van der Waals surface area contributed by atoms with Crippen molar-refractivity contribution in [1.29, 1.82) is 0 Å². The Morgan fingerprint density at radius 2 is 2.04 bits per heavy atom. The van der Waals surface area contributed by atoms with Gasteiger partial charge in [0.25, 0.3) is 5.91 Å². The minimum absolute atomic E-state index is 0.264. The Bertz CT molecular complexity index is 952. The molecule has 0 atom stereocenters. The summed E-state index contributed by atoms with van der Waals surface area (Å²) < 4.78 is 7.21. The Kier molecular flexibility index (Phi) is 4.30. The number of methoxy groups -OCH3 is 1. The van der Waals surface area contributed by atoms with Crippen LogP contribution < -0.4 is 5.32 Å². The molecule has 3 heterocycles. The van der Waals surface area contributed by atoms with Gasteiger partial charge in [-0.2, -0.15) is 0 Å². The van der Waals surface area contributed by atoms with Crippen molar-refractivity contribution in [2.75, 3.05) is 12.4 Å². The number of pyridine rings is 2. The first-order valence-corrected chi connectivity index (χ1v) is 7.78. The SMILES string of the molecule is COC(=O)c1cnc(C)c(NC(=O)c2cnc3cc(Br)ccn23)c1. The minimum atomic E-state index is -0.516. The summed E-state index contributed by atoms with van der Waals surface area (Å²) >= 11 is 3.36. The number of anilines is 1. The average molecular weight is 389 g/mol. The maximum atomic E-state index is 12.5. The summed E-state index contributed by atoms with van der Waals surface area (Å²) in [4.78, 5) is 32.5. The highest BCUT2D eigenvalue weighted by Gasteiger charge is 2.15. The molecule has 24 heavy (non-hydrogen) atoms. The van der Waals surface area contributed by atoms with Crippen LogP contribution in [0.1, 0.15) is 26.5 Å². The van der Waals surface area contributed by atoms with E-state index in [2.05, 4.69) is 36.0 Å². The second-order valence-corrected chi connectivity index (χ2v) is 5.93. The standard InChI is InChI=1S/C16H13BrN4O3/c1-9-12(5-10(7-18-9)16(23)24-2)20-15(22)13-8-19-14-6-11(17)3-4-21(13)14/h3-8H,1-2H3,(H,20,22). The quantitative estimate of drug-likeness (QED) is 0.697. The van der Waals surface area contributed by atoms with Crippen LogP contribution in [0.2, 0.25) is 0 Å². The van der Waals surface area contributed by atoms with Gasteiger partial charge in [0.1, 0.15) is 11.3 Å². The fraction of sp³-hybridized carbons (Fsp3) is 0.125. The molecule has 0 aliphatic carbocycles. The van der Waals surface area contributed by atoms with Gasteiger partial charge in [0.05, 0.1) is 30.3 Å². The lowest BCUT2D eigenvalue weighted by Gasteiger charge is -2.09. The van der Waals surface area contributed by atoms with Crippen LogP contribution in [0.25, 0.3) is 5.65 Å². The van der Waals surface area contributed by atoms with E-state index < -0.39 is 5.97 Å². The molecule has 1 amide bonds. The van der Waals surface area contributed by atoms with Crippen molar-refractivity contribution >= 4 is 39.1 Å². The number of fused-ring (bicyclic) bond motifs is 1. The Balaban J connectivity index is 1.93. The highest BCUT2D eigenvalue weighted by molar-refractivity contribution is 9.10. The van der Waals surface area contributed by atoms with Crippen molar-refractivity contribution < 1.29 is 14.3 Å². The summed E-state index contributed by atoms with van der Waals surface area (Å²) in [6.45, 7) is 1.74. The normalized spacial score (nSPS) is 10.6. The zero-order valence-corrected chi connectivity index (χ0v) is 14.5. The van der Waals surface area contributed by atoms with Gasteiger partial charge < -0.3 is 10.1 Å². The van der Waals surface area contributed by atoms with Crippen molar-refractivity contribution in [3.8, 4) is 0 Å². The molecule has 0 radical (unpaired) electrons. The topological polar surface area (TPSA) is 85.6 Å². The first kappa shape index (κ1) is 16.1. The number of rotatable bonds is 3. The third kappa shape index (κ3) is 3.00. The molecule has 122 valence electrons. The number of halogens is 1. The van der Waals surface area contributed by atoms with E-state index in [0.29, 0.717) is 22.7 Å². The molecule has 0 saturated heterocycles. The van der Waals surface area contributed by atoms with E-state index in [1.54, 1.807) is 17.5 Å². The smallest absolute Gasteiger partial charge is 0.339 e. The van der Waals surface area contributed by atoms with Gasteiger partial charge in [-0.15, -0.1) is 0 Å². The van der Waals surface area contributed by atoms with Crippen LogP contribution >= 0.6 is 15.9 Å². The van der Waals surface area contributed by atoms with E-state index >= 15 is 0 Å². The van der Waals surface area contributed by atoms with Crippen LogP contribution in [-0.4, -0.2) is 33.4 Å². The first-order chi connectivity index (χ1) is 11.5. The number of carbonyl (C=O) groups excluding carboxylic acids is 2. The predicted molar refractivity (Wildman–Crippen MR) is 91.2 cm³/mol. The largest absolute Gasteiger partial charge is 0.465 e. The van der Waals surface area contributed by atoms with Gasteiger partial charge in [-0.25, -0.2) is 9.78 Å². The van der Waals surface area contributed by atoms with E-state index in [9.17, 15) is 9.59 Å². The number of imidazole rings is 1. The number of aryl methyl sites for hydroxylation is 1. The van der Waals surface area contributed by atoms with E-state index in [-0.39, 0.29) is 11.5 Å². The van der Waals surface area contributed by atoms with E-state index in [0.717, 1.165) is 4.47 Å². The van der Waals surface area contributed by atoms with Crippen molar-refractivity contribution in [3.63, 3.8) is 0 Å². The molecular weight excluding hydrogens is 376 g/mol. The summed E-state index contributed by atoms with van der Waals surface area (Å²) in [5.41, 5.74) is 2.32. The fourth-order valence-corrected chi connectivity index (χ4v) is 2.52. The average Bonchev–Trinajstić information content (AvgIpc) is 2.99. The van der Waals surface area contributed by atoms with E-state index in [1.165, 1.54) is 25.6 Å². The van der Waals surface area contributed by atoms with Gasteiger partial charge >= 0.3 is 5.97 Å². The Morgan fingerprint density at radius 1 is 1.25 bits per heavy atom. The van der Waals surface area contributed by atoms with Crippen LogP contribution in [0, 0.1) is 6.92 Å². The molecule has 0 aromatic carbocycles. The number of hydrogen-bond acceptors (Lipinski definition) is 5.